The topological polar surface area (TPSA) is 85.4 Å². The van der Waals surface area contributed by atoms with E-state index >= 15 is 0 Å². The molecule has 3 aromatic rings. The molecule has 1 N–H and O–H groups in total. The zero-order valence-electron chi connectivity index (χ0n) is 13.3. The summed E-state index contributed by atoms with van der Waals surface area (Å²) >= 11 is 0.583. The maximum absolute atomic E-state index is 14.5. The van der Waals surface area contributed by atoms with Crippen LogP contribution in [0.2, 0.25) is 0 Å². The first-order valence-corrected chi connectivity index (χ1v) is 9.47. The molecule has 0 fully saturated rings. The van der Waals surface area contributed by atoms with Gasteiger partial charge in [0.2, 0.25) is 5.91 Å². The van der Waals surface area contributed by atoms with Crippen LogP contribution in [-0.2, 0) is 20.2 Å². The van der Waals surface area contributed by atoms with E-state index in [0.717, 1.165) is 12.1 Å². The van der Waals surface area contributed by atoms with E-state index in [-0.39, 0.29) is 17.2 Å². The summed E-state index contributed by atoms with van der Waals surface area (Å²) in [6.07, 6.45) is 0. The lowest BCUT2D eigenvalue weighted by atomic mass is 10.3. The second-order valence-electron chi connectivity index (χ2n) is 5.25. The molecule has 0 aliphatic carbocycles. The Bertz CT molecular complexity index is 1030. The predicted molar refractivity (Wildman–Crippen MR) is 93.8 cm³/mol. The van der Waals surface area contributed by atoms with Gasteiger partial charge in [0.15, 0.2) is 5.01 Å². The SMILES string of the molecule is CC(=O)Nc1ccc(OS(=O)(=O)C(F)(F)c2nc3ccccc3s2)cc1. The smallest absolute Gasteiger partial charge is 0.378 e. The molecule has 10 heteroatoms. The minimum absolute atomic E-state index is 0.280. The van der Waals surface area contributed by atoms with Crippen molar-refractivity contribution in [2.75, 3.05) is 5.32 Å². The Hall–Kier alpha value is -2.59. The van der Waals surface area contributed by atoms with Crippen molar-refractivity contribution < 1.29 is 26.2 Å². The van der Waals surface area contributed by atoms with E-state index in [1.54, 1.807) is 18.2 Å². The molecule has 1 aromatic heterocycles. The van der Waals surface area contributed by atoms with Crippen LogP contribution in [0.5, 0.6) is 5.75 Å². The molecule has 0 radical (unpaired) electrons. The third-order valence-electron chi connectivity index (χ3n) is 3.24. The van der Waals surface area contributed by atoms with Crippen molar-refractivity contribution in [1.29, 1.82) is 0 Å². The Morgan fingerprint density at radius 2 is 1.81 bits per heavy atom. The van der Waals surface area contributed by atoms with Crippen molar-refractivity contribution in [2.45, 2.75) is 12.2 Å². The van der Waals surface area contributed by atoms with Gasteiger partial charge in [-0.1, -0.05) is 12.1 Å². The van der Waals surface area contributed by atoms with Crippen LogP contribution in [0.1, 0.15) is 11.9 Å². The number of aromatic nitrogens is 1. The van der Waals surface area contributed by atoms with Crippen LogP contribution in [0.15, 0.2) is 48.5 Å². The molecule has 2 aromatic carbocycles. The Labute approximate surface area is 151 Å². The van der Waals surface area contributed by atoms with Crippen molar-refractivity contribution in [3.8, 4) is 5.75 Å². The van der Waals surface area contributed by atoms with Gasteiger partial charge in [-0.25, -0.2) is 4.98 Å². The number of thiazole rings is 1. The van der Waals surface area contributed by atoms with Crippen LogP contribution in [0.3, 0.4) is 0 Å². The lowest BCUT2D eigenvalue weighted by Crippen LogP contribution is -2.30. The van der Waals surface area contributed by atoms with Gasteiger partial charge < -0.3 is 9.50 Å². The largest absolute Gasteiger partial charge is 0.430 e. The number of nitrogens with zero attached hydrogens (tertiary/aromatic N) is 1. The van der Waals surface area contributed by atoms with Crippen molar-refractivity contribution in [2.24, 2.45) is 0 Å². The number of nitrogens with one attached hydrogen (secondary N) is 1. The van der Waals surface area contributed by atoms with E-state index in [1.165, 1.54) is 25.1 Å². The van der Waals surface area contributed by atoms with Gasteiger partial charge in [0.05, 0.1) is 10.2 Å². The highest BCUT2D eigenvalue weighted by atomic mass is 32.2. The van der Waals surface area contributed by atoms with E-state index in [4.69, 9.17) is 0 Å². The fourth-order valence-electron chi connectivity index (χ4n) is 2.08. The molecule has 0 unspecified atom stereocenters. The summed E-state index contributed by atoms with van der Waals surface area (Å²) in [7, 11) is -5.32. The molecule has 0 saturated heterocycles. The summed E-state index contributed by atoms with van der Waals surface area (Å²) in [5, 5.41) is -2.71. The van der Waals surface area contributed by atoms with Crippen LogP contribution in [0.25, 0.3) is 10.2 Å². The molecule has 26 heavy (non-hydrogen) atoms. The number of rotatable bonds is 5. The first-order chi connectivity index (χ1) is 12.2. The number of para-hydroxylation sites is 1. The molecule has 1 heterocycles. The summed E-state index contributed by atoms with van der Waals surface area (Å²) in [5.41, 5.74) is 0.655. The fourth-order valence-corrected chi connectivity index (χ4v) is 4.08. The molecule has 3 rings (SSSR count). The van der Waals surface area contributed by atoms with E-state index in [1.807, 2.05) is 0 Å². The van der Waals surface area contributed by atoms with E-state index in [0.29, 0.717) is 21.7 Å². The monoisotopic (exact) mass is 398 g/mol. The standard InChI is InChI=1S/C16H12F2N2O4S2/c1-10(21)19-11-6-8-12(9-7-11)24-26(22,23)16(17,18)15-20-13-4-2-3-5-14(13)25-15/h2-9H,1H3,(H,19,21). The number of hydrogen-bond donors (Lipinski definition) is 1. The van der Waals surface area contributed by atoms with Crippen LogP contribution >= 0.6 is 11.3 Å². The molecule has 0 atom stereocenters. The van der Waals surface area contributed by atoms with Crippen LogP contribution in [-0.4, -0.2) is 19.3 Å². The summed E-state index contributed by atoms with van der Waals surface area (Å²) in [5.74, 6) is -0.631. The highest BCUT2D eigenvalue weighted by molar-refractivity contribution is 7.87. The summed E-state index contributed by atoms with van der Waals surface area (Å²) in [6, 6.07) is 11.3. The van der Waals surface area contributed by atoms with Gasteiger partial charge >= 0.3 is 15.4 Å². The van der Waals surface area contributed by atoms with Gasteiger partial charge in [0, 0.05) is 12.6 Å². The normalized spacial score (nSPS) is 12.1. The number of alkyl halides is 2. The number of hydrogen-bond acceptors (Lipinski definition) is 6. The quantitative estimate of drug-likeness (QED) is 0.662. The molecule has 0 bridgehead atoms. The molecule has 136 valence electrons. The molecule has 0 aliphatic heterocycles. The number of anilines is 1. The zero-order valence-corrected chi connectivity index (χ0v) is 14.9. The maximum atomic E-state index is 14.5. The first-order valence-electron chi connectivity index (χ1n) is 7.24. The van der Waals surface area contributed by atoms with Gasteiger partial charge in [-0.3, -0.25) is 4.79 Å². The summed E-state index contributed by atoms with van der Waals surface area (Å²) in [4.78, 5) is 14.6. The zero-order chi connectivity index (χ0) is 18.9. The molecule has 0 saturated carbocycles. The van der Waals surface area contributed by atoms with Crippen molar-refractivity contribution in [3.05, 3.63) is 53.5 Å². The molecular formula is C16H12F2N2O4S2. The lowest BCUT2D eigenvalue weighted by Gasteiger charge is -2.15. The second kappa shape index (κ2) is 6.61. The number of carbonyl (C=O) groups is 1. The average Bonchev–Trinajstić information content (AvgIpc) is 3.00. The van der Waals surface area contributed by atoms with E-state index in [9.17, 15) is 22.0 Å². The Balaban J connectivity index is 1.87. The molecule has 6 nitrogen and oxygen atoms in total. The van der Waals surface area contributed by atoms with Gasteiger partial charge in [-0.05, 0) is 36.4 Å². The number of amides is 1. The van der Waals surface area contributed by atoms with Gasteiger partial charge in [0.25, 0.3) is 0 Å². The van der Waals surface area contributed by atoms with Gasteiger partial charge in [0.1, 0.15) is 5.75 Å². The molecular weight excluding hydrogens is 386 g/mol. The highest BCUT2D eigenvalue weighted by Crippen LogP contribution is 2.39. The van der Waals surface area contributed by atoms with E-state index < -0.39 is 20.4 Å². The van der Waals surface area contributed by atoms with Crippen molar-refractivity contribution in [3.63, 3.8) is 0 Å². The summed E-state index contributed by atoms with van der Waals surface area (Å²) < 4.78 is 58.1. The summed E-state index contributed by atoms with van der Waals surface area (Å²) in [6.45, 7) is 1.30. The maximum Gasteiger partial charge on any atom is 0.430 e. The number of fused-ring (bicyclic) bond motifs is 1. The predicted octanol–water partition coefficient (Wildman–Crippen LogP) is 3.71. The van der Waals surface area contributed by atoms with Crippen molar-refractivity contribution in [1.82, 2.24) is 4.98 Å². The Morgan fingerprint density at radius 1 is 1.15 bits per heavy atom. The third-order valence-corrected chi connectivity index (χ3v) is 5.71. The van der Waals surface area contributed by atoms with Crippen LogP contribution in [0.4, 0.5) is 14.5 Å². The minimum Gasteiger partial charge on any atom is -0.378 e. The van der Waals surface area contributed by atoms with Gasteiger partial charge in [-0.2, -0.15) is 17.2 Å². The van der Waals surface area contributed by atoms with Crippen molar-refractivity contribution >= 4 is 43.3 Å². The highest BCUT2D eigenvalue weighted by Gasteiger charge is 2.52. The molecule has 0 aliphatic rings. The van der Waals surface area contributed by atoms with Crippen LogP contribution in [0, 0.1) is 0 Å². The third kappa shape index (κ3) is 3.51. The molecule has 1 amide bonds. The average molecular weight is 398 g/mol. The van der Waals surface area contributed by atoms with Crippen LogP contribution < -0.4 is 9.50 Å². The number of halogens is 2. The minimum atomic E-state index is -5.32. The Kier molecular flexibility index (Phi) is 4.63. The lowest BCUT2D eigenvalue weighted by molar-refractivity contribution is -0.114. The molecule has 0 spiro atoms. The van der Waals surface area contributed by atoms with E-state index in [2.05, 4.69) is 14.5 Å². The Morgan fingerprint density at radius 3 is 2.42 bits per heavy atom. The first kappa shape index (κ1) is 18.2. The number of carbonyl (C=O) groups excluding carboxylic acids is 1. The number of benzene rings is 2. The fraction of sp³-hybridized carbons (Fsp3) is 0.125. The second-order valence-corrected chi connectivity index (χ2v) is 7.86. The van der Waals surface area contributed by atoms with Gasteiger partial charge in [-0.15, -0.1) is 11.3 Å².